The van der Waals surface area contributed by atoms with Gasteiger partial charge in [0.15, 0.2) is 0 Å². The van der Waals surface area contributed by atoms with Crippen molar-refractivity contribution in [3.63, 3.8) is 0 Å². The van der Waals surface area contributed by atoms with E-state index in [1.165, 1.54) is 6.33 Å². The molecule has 0 bridgehead atoms. The first kappa shape index (κ1) is 16.5. The predicted molar refractivity (Wildman–Crippen MR) is 92.7 cm³/mol. The first-order valence-corrected chi connectivity index (χ1v) is 8.24. The molecule has 124 valence electrons. The maximum absolute atomic E-state index is 12.4. The van der Waals surface area contributed by atoms with Crippen LogP contribution in [0.25, 0.3) is 6.08 Å². The zero-order valence-electron chi connectivity index (χ0n) is 13.1. The molecule has 1 aromatic carbocycles. The van der Waals surface area contributed by atoms with Gasteiger partial charge in [-0.25, -0.2) is 9.97 Å². The predicted octanol–water partition coefficient (Wildman–Crippen LogP) is 3.21. The summed E-state index contributed by atoms with van der Waals surface area (Å²) in [7, 11) is 0. The highest BCUT2D eigenvalue weighted by atomic mass is 35.5. The van der Waals surface area contributed by atoms with Gasteiger partial charge in [0.2, 0.25) is 11.8 Å². The fourth-order valence-electron chi connectivity index (χ4n) is 2.63. The Bertz CT molecular complexity index is 721. The number of carbonyl (C=O) groups excluding carboxylic acids is 1. The number of likely N-dealkylation sites (tertiary alicyclic amines) is 1. The molecule has 0 saturated carbocycles. The average Bonchev–Trinajstić information content (AvgIpc) is 2.62. The van der Waals surface area contributed by atoms with Gasteiger partial charge in [0, 0.05) is 29.9 Å². The lowest BCUT2D eigenvalue weighted by Crippen LogP contribution is -2.43. The molecule has 1 amide bonds. The molecule has 1 aromatic heterocycles. The van der Waals surface area contributed by atoms with E-state index in [1.807, 2.05) is 18.2 Å². The van der Waals surface area contributed by atoms with E-state index in [0.717, 1.165) is 24.9 Å². The van der Waals surface area contributed by atoms with E-state index in [1.54, 1.807) is 35.4 Å². The van der Waals surface area contributed by atoms with Crippen LogP contribution in [-0.2, 0) is 4.79 Å². The Labute approximate surface area is 145 Å². The summed E-state index contributed by atoms with van der Waals surface area (Å²) in [4.78, 5) is 22.1. The molecule has 0 N–H and O–H groups in total. The molecule has 1 fully saturated rings. The molecule has 2 heterocycles. The van der Waals surface area contributed by atoms with Crippen molar-refractivity contribution in [3.05, 3.63) is 59.5 Å². The molecule has 1 atom stereocenters. The van der Waals surface area contributed by atoms with Crippen LogP contribution in [0.5, 0.6) is 5.88 Å². The molecular formula is C18H18ClN3O2. The number of hydrogen-bond donors (Lipinski definition) is 0. The molecule has 5 nitrogen and oxygen atoms in total. The molecular weight excluding hydrogens is 326 g/mol. The molecule has 1 aliphatic rings. The van der Waals surface area contributed by atoms with Crippen molar-refractivity contribution in [1.29, 1.82) is 0 Å². The summed E-state index contributed by atoms with van der Waals surface area (Å²) >= 11 is 6.10. The molecule has 3 rings (SSSR count). The monoisotopic (exact) mass is 343 g/mol. The second kappa shape index (κ2) is 7.93. The van der Waals surface area contributed by atoms with Crippen LogP contribution >= 0.6 is 11.6 Å². The van der Waals surface area contributed by atoms with Gasteiger partial charge in [-0.05, 0) is 30.5 Å². The van der Waals surface area contributed by atoms with Gasteiger partial charge < -0.3 is 9.64 Å². The molecule has 2 aromatic rings. The van der Waals surface area contributed by atoms with Crippen LogP contribution in [0.3, 0.4) is 0 Å². The van der Waals surface area contributed by atoms with Gasteiger partial charge in [-0.15, -0.1) is 0 Å². The standard InChI is InChI=1S/C18H18ClN3O2/c19-16-6-2-1-4-14(16)7-8-18(23)22-11-3-5-15(12-22)24-17-9-10-20-13-21-17/h1-2,4,6-10,13,15H,3,5,11-12H2/b8-7+. The zero-order valence-corrected chi connectivity index (χ0v) is 13.9. The lowest BCUT2D eigenvalue weighted by atomic mass is 10.1. The number of nitrogens with zero attached hydrogens (tertiary/aromatic N) is 3. The van der Waals surface area contributed by atoms with Crippen LogP contribution in [0.4, 0.5) is 0 Å². The maximum Gasteiger partial charge on any atom is 0.246 e. The normalized spacial score (nSPS) is 17.9. The highest BCUT2D eigenvalue weighted by molar-refractivity contribution is 6.32. The second-order valence-electron chi connectivity index (χ2n) is 5.57. The summed E-state index contributed by atoms with van der Waals surface area (Å²) in [6, 6.07) is 9.16. The van der Waals surface area contributed by atoms with E-state index in [9.17, 15) is 4.79 Å². The first-order chi connectivity index (χ1) is 11.7. The fourth-order valence-corrected chi connectivity index (χ4v) is 2.83. The van der Waals surface area contributed by atoms with Gasteiger partial charge in [0.25, 0.3) is 0 Å². The summed E-state index contributed by atoms with van der Waals surface area (Å²) in [6.07, 6.45) is 8.16. The minimum atomic E-state index is -0.0497. The Morgan fingerprint density at radius 1 is 1.33 bits per heavy atom. The van der Waals surface area contributed by atoms with Crippen molar-refractivity contribution >= 4 is 23.6 Å². The van der Waals surface area contributed by atoms with Gasteiger partial charge in [0.1, 0.15) is 12.4 Å². The van der Waals surface area contributed by atoms with Crippen molar-refractivity contribution in [2.75, 3.05) is 13.1 Å². The highest BCUT2D eigenvalue weighted by Gasteiger charge is 2.24. The van der Waals surface area contributed by atoms with Gasteiger partial charge in [-0.2, -0.15) is 0 Å². The van der Waals surface area contributed by atoms with Crippen LogP contribution in [0.2, 0.25) is 5.02 Å². The second-order valence-corrected chi connectivity index (χ2v) is 5.98. The number of aromatic nitrogens is 2. The van der Waals surface area contributed by atoms with Gasteiger partial charge in [-0.3, -0.25) is 4.79 Å². The minimum absolute atomic E-state index is 0.0362. The van der Waals surface area contributed by atoms with E-state index in [-0.39, 0.29) is 12.0 Å². The van der Waals surface area contributed by atoms with Crippen LogP contribution in [-0.4, -0.2) is 40.0 Å². The average molecular weight is 344 g/mol. The fraction of sp³-hybridized carbons (Fsp3) is 0.278. The summed E-state index contributed by atoms with van der Waals surface area (Å²) in [6.45, 7) is 1.28. The SMILES string of the molecule is O=C(/C=C/c1ccccc1Cl)N1CCCC(Oc2ccncn2)C1. The Balaban J connectivity index is 1.60. The lowest BCUT2D eigenvalue weighted by Gasteiger charge is -2.31. The number of rotatable bonds is 4. The third-order valence-corrected chi connectivity index (χ3v) is 4.19. The van der Waals surface area contributed by atoms with E-state index in [0.29, 0.717) is 17.4 Å². The van der Waals surface area contributed by atoms with Crippen molar-refractivity contribution in [2.45, 2.75) is 18.9 Å². The molecule has 1 aliphatic heterocycles. The van der Waals surface area contributed by atoms with Crippen LogP contribution in [0, 0.1) is 0 Å². The largest absolute Gasteiger partial charge is 0.472 e. The Morgan fingerprint density at radius 2 is 2.21 bits per heavy atom. The molecule has 6 heteroatoms. The number of hydrogen-bond acceptors (Lipinski definition) is 4. The highest BCUT2D eigenvalue weighted by Crippen LogP contribution is 2.18. The van der Waals surface area contributed by atoms with Gasteiger partial charge >= 0.3 is 0 Å². The van der Waals surface area contributed by atoms with Gasteiger partial charge in [0.05, 0.1) is 6.54 Å². The van der Waals surface area contributed by atoms with Crippen LogP contribution in [0.1, 0.15) is 18.4 Å². The Morgan fingerprint density at radius 3 is 3.00 bits per heavy atom. The summed E-state index contributed by atoms with van der Waals surface area (Å²) in [5.41, 5.74) is 0.832. The number of piperidine rings is 1. The van der Waals surface area contributed by atoms with Crippen molar-refractivity contribution in [1.82, 2.24) is 14.9 Å². The Kier molecular flexibility index (Phi) is 5.43. The smallest absolute Gasteiger partial charge is 0.246 e. The van der Waals surface area contributed by atoms with E-state index in [2.05, 4.69) is 9.97 Å². The van der Waals surface area contributed by atoms with Crippen molar-refractivity contribution in [3.8, 4) is 5.88 Å². The third kappa shape index (κ3) is 4.32. The topological polar surface area (TPSA) is 55.3 Å². The molecule has 24 heavy (non-hydrogen) atoms. The van der Waals surface area contributed by atoms with E-state index < -0.39 is 0 Å². The third-order valence-electron chi connectivity index (χ3n) is 3.84. The number of halogens is 1. The maximum atomic E-state index is 12.4. The van der Waals surface area contributed by atoms with Crippen LogP contribution in [0.15, 0.2) is 48.9 Å². The summed E-state index contributed by atoms with van der Waals surface area (Å²) in [5.74, 6) is 0.502. The number of ether oxygens (including phenoxy) is 1. The molecule has 0 spiro atoms. The Hall–Kier alpha value is -2.40. The van der Waals surface area contributed by atoms with E-state index >= 15 is 0 Å². The van der Waals surface area contributed by atoms with Crippen LogP contribution < -0.4 is 4.74 Å². The first-order valence-electron chi connectivity index (χ1n) is 7.86. The minimum Gasteiger partial charge on any atom is -0.472 e. The number of benzene rings is 1. The van der Waals surface area contributed by atoms with Crippen molar-refractivity contribution < 1.29 is 9.53 Å². The van der Waals surface area contributed by atoms with Crippen molar-refractivity contribution in [2.24, 2.45) is 0 Å². The molecule has 0 aliphatic carbocycles. The lowest BCUT2D eigenvalue weighted by molar-refractivity contribution is -0.128. The zero-order chi connectivity index (χ0) is 16.8. The quantitative estimate of drug-likeness (QED) is 0.800. The number of amides is 1. The summed E-state index contributed by atoms with van der Waals surface area (Å²) < 4.78 is 5.83. The summed E-state index contributed by atoms with van der Waals surface area (Å²) in [5, 5.41) is 0.630. The van der Waals surface area contributed by atoms with Gasteiger partial charge in [-0.1, -0.05) is 29.8 Å². The molecule has 1 unspecified atom stereocenters. The molecule has 0 radical (unpaired) electrons. The number of carbonyl (C=O) groups is 1. The van der Waals surface area contributed by atoms with E-state index in [4.69, 9.17) is 16.3 Å². The molecule has 1 saturated heterocycles.